The second-order valence-corrected chi connectivity index (χ2v) is 3.24. The summed E-state index contributed by atoms with van der Waals surface area (Å²) in [6, 6.07) is 0. The Morgan fingerprint density at radius 1 is 0.765 bits per heavy atom. The Balaban J connectivity index is -0.000000179. The van der Waals surface area contributed by atoms with E-state index in [1.807, 2.05) is 0 Å². The largest absolute Gasteiger partial charge is 0.400 e. The first-order chi connectivity index (χ1) is 8.41. The van der Waals surface area contributed by atoms with Crippen LogP contribution in [0.25, 0.3) is 0 Å². The molecular weight excluding hydrogens is 216 g/mol. The van der Waals surface area contributed by atoms with Crippen LogP contribution in [0.3, 0.4) is 0 Å². The van der Waals surface area contributed by atoms with Gasteiger partial charge in [0.25, 0.3) is 0 Å². The fourth-order valence-corrected chi connectivity index (χ4v) is 1.30. The molecule has 3 nitrogen and oxygen atoms in total. The van der Waals surface area contributed by atoms with Crippen molar-refractivity contribution in [3.8, 4) is 0 Å². The van der Waals surface area contributed by atoms with E-state index in [9.17, 15) is 0 Å². The van der Waals surface area contributed by atoms with Gasteiger partial charge in [-0.3, -0.25) is 0 Å². The summed E-state index contributed by atoms with van der Waals surface area (Å²) in [5.74, 6) is 0. The summed E-state index contributed by atoms with van der Waals surface area (Å²) in [5, 5.41) is 14.0. The molecule has 0 atom stereocenters. The van der Waals surface area contributed by atoms with Crippen LogP contribution in [0.1, 0.15) is 38.5 Å². The third-order valence-corrected chi connectivity index (χ3v) is 1.97. The second-order valence-electron chi connectivity index (χ2n) is 3.24. The van der Waals surface area contributed by atoms with Crippen LogP contribution in [0.15, 0.2) is 25.3 Å². The molecule has 0 aromatic heterocycles. The third-order valence-electron chi connectivity index (χ3n) is 1.97. The molecule has 0 aromatic carbocycles. The van der Waals surface area contributed by atoms with Crippen LogP contribution in [0.2, 0.25) is 0 Å². The molecule has 0 bridgehead atoms. The van der Waals surface area contributed by atoms with Gasteiger partial charge in [-0.1, -0.05) is 50.7 Å². The lowest BCUT2D eigenvalue weighted by molar-refractivity contribution is 0.194. The molecule has 17 heavy (non-hydrogen) atoms. The number of hydrogen-bond acceptors (Lipinski definition) is 3. The van der Waals surface area contributed by atoms with Crippen molar-refractivity contribution in [2.75, 3.05) is 27.4 Å². The first-order valence-corrected chi connectivity index (χ1v) is 6.10. The standard InChI is InChI=1S/C6H10O.C6H12.2CH4O/c1-3-5-7-6-4-2;1-2-4-6-5-3-1;2*1-2/h3-4H,1-2,5-6H2;1-6H2;2*2H,1H3. The quantitative estimate of drug-likeness (QED) is 0.592. The molecule has 0 spiro atoms. The molecule has 3 heteroatoms. The van der Waals surface area contributed by atoms with Crippen molar-refractivity contribution in [3.05, 3.63) is 25.3 Å². The maximum Gasteiger partial charge on any atom is 0.0649 e. The number of aliphatic hydroxyl groups is 2. The molecule has 0 radical (unpaired) electrons. The van der Waals surface area contributed by atoms with Crippen molar-refractivity contribution in [3.63, 3.8) is 0 Å². The highest BCUT2D eigenvalue weighted by atomic mass is 16.5. The van der Waals surface area contributed by atoms with Gasteiger partial charge in [-0.05, 0) is 0 Å². The van der Waals surface area contributed by atoms with E-state index in [4.69, 9.17) is 14.9 Å². The highest BCUT2D eigenvalue weighted by molar-refractivity contribution is 4.68. The Hall–Kier alpha value is -0.640. The van der Waals surface area contributed by atoms with E-state index in [2.05, 4.69) is 13.2 Å². The van der Waals surface area contributed by atoms with Crippen molar-refractivity contribution >= 4 is 0 Å². The van der Waals surface area contributed by atoms with E-state index < -0.39 is 0 Å². The fraction of sp³-hybridized carbons (Fsp3) is 0.714. The maximum absolute atomic E-state index is 7.00. The van der Waals surface area contributed by atoms with E-state index in [-0.39, 0.29) is 0 Å². The van der Waals surface area contributed by atoms with Gasteiger partial charge >= 0.3 is 0 Å². The first kappa shape index (κ1) is 21.6. The first-order valence-electron chi connectivity index (χ1n) is 6.10. The summed E-state index contributed by atoms with van der Waals surface area (Å²) in [6.07, 6.45) is 12.4. The van der Waals surface area contributed by atoms with E-state index >= 15 is 0 Å². The molecule has 0 saturated heterocycles. The van der Waals surface area contributed by atoms with Crippen LogP contribution in [0, 0.1) is 0 Å². The Morgan fingerprint density at radius 2 is 1.00 bits per heavy atom. The molecule has 0 aromatic rings. The zero-order chi connectivity index (χ0) is 13.8. The van der Waals surface area contributed by atoms with Crippen LogP contribution >= 0.6 is 0 Å². The van der Waals surface area contributed by atoms with Crippen LogP contribution in [0.4, 0.5) is 0 Å². The molecule has 0 unspecified atom stereocenters. The van der Waals surface area contributed by atoms with E-state index in [0.29, 0.717) is 13.2 Å². The van der Waals surface area contributed by atoms with Crippen LogP contribution in [-0.4, -0.2) is 37.6 Å². The monoisotopic (exact) mass is 246 g/mol. The lowest BCUT2D eigenvalue weighted by Gasteiger charge is -2.05. The lowest BCUT2D eigenvalue weighted by atomic mass is 10.0. The van der Waals surface area contributed by atoms with Gasteiger partial charge in [0.2, 0.25) is 0 Å². The van der Waals surface area contributed by atoms with Crippen LogP contribution < -0.4 is 0 Å². The second kappa shape index (κ2) is 29.5. The Labute approximate surface area is 107 Å². The van der Waals surface area contributed by atoms with Gasteiger partial charge in [0, 0.05) is 14.2 Å². The zero-order valence-corrected chi connectivity index (χ0v) is 11.5. The average molecular weight is 246 g/mol. The lowest BCUT2D eigenvalue weighted by Crippen LogP contribution is -1.87. The molecule has 0 amide bonds. The SMILES string of the molecule is C1CCCCC1.C=CCOCC=C.CO.CO. The highest BCUT2D eigenvalue weighted by Crippen LogP contribution is 2.15. The molecule has 104 valence electrons. The van der Waals surface area contributed by atoms with E-state index in [1.54, 1.807) is 12.2 Å². The number of aliphatic hydroxyl groups excluding tert-OH is 2. The number of ether oxygens (including phenoxy) is 1. The molecular formula is C14H30O3. The summed E-state index contributed by atoms with van der Waals surface area (Å²) < 4.78 is 4.90. The Bertz CT molecular complexity index is 101. The molecule has 1 aliphatic carbocycles. The van der Waals surface area contributed by atoms with E-state index in [1.165, 1.54) is 38.5 Å². The van der Waals surface area contributed by atoms with Gasteiger partial charge in [-0.2, -0.15) is 0 Å². The smallest absolute Gasteiger partial charge is 0.0649 e. The predicted molar refractivity (Wildman–Crippen MR) is 75.2 cm³/mol. The van der Waals surface area contributed by atoms with Gasteiger partial charge in [0.05, 0.1) is 13.2 Å². The summed E-state index contributed by atoms with van der Waals surface area (Å²) in [7, 11) is 2.00. The summed E-state index contributed by atoms with van der Waals surface area (Å²) in [4.78, 5) is 0. The van der Waals surface area contributed by atoms with Gasteiger partial charge in [-0.25, -0.2) is 0 Å². The minimum absolute atomic E-state index is 0.617. The molecule has 1 rings (SSSR count). The zero-order valence-electron chi connectivity index (χ0n) is 11.5. The minimum Gasteiger partial charge on any atom is -0.400 e. The fourth-order valence-electron chi connectivity index (χ4n) is 1.30. The van der Waals surface area contributed by atoms with Crippen molar-refractivity contribution < 1.29 is 14.9 Å². The maximum atomic E-state index is 7.00. The van der Waals surface area contributed by atoms with Crippen molar-refractivity contribution in [2.45, 2.75) is 38.5 Å². The van der Waals surface area contributed by atoms with Gasteiger partial charge in [-0.15, -0.1) is 13.2 Å². The van der Waals surface area contributed by atoms with Crippen molar-refractivity contribution in [1.29, 1.82) is 0 Å². The minimum atomic E-state index is 0.617. The Morgan fingerprint density at radius 3 is 1.18 bits per heavy atom. The normalized spacial score (nSPS) is 12.5. The predicted octanol–water partition coefficient (Wildman–Crippen LogP) is 2.93. The van der Waals surface area contributed by atoms with Gasteiger partial charge in [0.1, 0.15) is 0 Å². The van der Waals surface area contributed by atoms with Crippen LogP contribution in [0.5, 0.6) is 0 Å². The molecule has 0 heterocycles. The Kier molecular flexibility index (Phi) is 37.5. The van der Waals surface area contributed by atoms with E-state index in [0.717, 1.165) is 14.2 Å². The summed E-state index contributed by atoms with van der Waals surface area (Å²) in [5.41, 5.74) is 0. The highest BCUT2D eigenvalue weighted by Gasteiger charge is 1.95. The van der Waals surface area contributed by atoms with Crippen molar-refractivity contribution in [2.24, 2.45) is 0 Å². The molecule has 1 aliphatic rings. The topological polar surface area (TPSA) is 49.7 Å². The van der Waals surface area contributed by atoms with Gasteiger partial charge < -0.3 is 14.9 Å². The number of hydrogen-bond donors (Lipinski definition) is 2. The molecule has 1 saturated carbocycles. The van der Waals surface area contributed by atoms with Crippen LogP contribution in [-0.2, 0) is 4.74 Å². The molecule has 1 fully saturated rings. The molecule has 0 aliphatic heterocycles. The molecule has 2 N–H and O–H groups in total. The summed E-state index contributed by atoms with van der Waals surface area (Å²) in [6.45, 7) is 8.18. The third kappa shape index (κ3) is 31.3. The number of rotatable bonds is 4. The van der Waals surface area contributed by atoms with Crippen molar-refractivity contribution in [1.82, 2.24) is 0 Å². The van der Waals surface area contributed by atoms with Gasteiger partial charge in [0.15, 0.2) is 0 Å². The average Bonchev–Trinajstić information content (AvgIpc) is 2.46. The summed E-state index contributed by atoms with van der Waals surface area (Å²) >= 11 is 0.